The van der Waals surface area contributed by atoms with Gasteiger partial charge in [0, 0.05) is 11.3 Å². The number of hydrogen-bond donors (Lipinski definition) is 3. The van der Waals surface area contributed by atoms with Gasteiger partial charge in [-0.25, -0.2) is 4.79 Å². The predicted octanol–water partition coefficient (Wildman–Crippen LogP) is 6.40. The Morgan fingerprint density at radius 2 is 1.63 bits per heavy atom. The lowest BCUT2D eigenvalue weighted by atomic mass is 9.92. The smallest absolute Gasteiger partial charge is 0.408 e. The number of thiol groups is 1. The summed E-state index contributed by atoms with van der Waals surface area (Å²) in [5, 5.41) is 5.99. The normalized spacial score (nSPS) is 13.3. The van der Waals surface area contributed by atoms with E-state index in [1.165, 1.54) is 4.90 Å². The molecule has 0 spiro atoms. The van der Waals surface area contributed by atoms with E-state index in [1.807, 2.05) is 65.8 Å². The molecule has 208 valence electrons. The number of carbonyl (C=O) groups excluding carboxylic acids is 3. The number of alkyl carbamates (subject to hydrolysis) is 1. The fourth-order valence-electron chi connectivity index (χ4n) is 4.08. The summed E-state index contributed by atoms with van der Waals surface area (Å²) in [6, 6.07) is 9.08. The highest BCUT2D eigenvalue weighted by molar-refractivity contribution is 7.80. The molecule has 38 heavy (non-hydrogen) atoms. The van der Waals surface area contributed by atoms with Crippen molar-refractivity contribution in [3.63, 3.8) is 0 Å². The molecule has 2 atom stereocenters. The van der Waals surface area contributed by atoms with Crippen LogP contribution in [0.15, 0.2) is 36.4 Å². The number of rotatable bonds is 7. The van der Waals surface area contributed by atoms with Crippen LogP contribution in [0.4, 0.5) is 10.5 Å². The van der Waals surface area contributed by atoms with Gasteiger partial charge in [0.2, 0.25) is 5.91 Å². The number of ether oxygens (including phenoxy) is 1. The minimum atomic E-state index is -1.03. The van der Waals surface area contributed by atoms with Crippen molar-refractivity contribution in [3.8, 4) is 0 Å². The molecule has 0 radical (unpaired) electrons. The molecule has 0 saturated heterocycles. The Balaban J connectivity index is 2.64. The van der Waals surface area contributed by atoms with E-state index in [2.05, 4.69) is 23.3 Å². The first-order valence-electron chi connectivity index (χ1n) is 12.5. The molecule has 0 aliphatic carbocycles. The van der Waals surface area contributed by atoms with Crippen LogP contribution in [-0.4, -0.2) is 45.7 Å². The molecule has 0 aromatic heterocycles. The highest BCUT2D eigenvalue weighted by Gasteiger charge is 2.42. The minimum absolute atomic E-state index is 0.00934. The lowest BCUT2D eigenvalue weighted by Gasteiger charge is -2.43. The molecule has 0 saturated carbocycles. The second-order valence-electron chi connectivity index (χ2n) is 11.4. The number of amides is 3. The standard InChI is InChI=1S/C29H40ClN3O4S/c1-17-13-14-18(2)20(15-17)24(25(34)32-23-19(3)11-10-12-21(23)30)33(28(4,5)6)26(35)22(16-38)31-27(36)37-29(7,8)9/h10-15,22,24,38H,16H2,1-9H3,(H,31,36)(H,32,34). The summed E-state index contributed by atoms with van der Waals surface area (Å²) in [7, 11) is 0. The van der Waals surface area contributed by atoms with Crippen molar-refractivity contribution >= 4 is 47.8 Å². The van der Waals surface area contributed by atoms with E-state index in [4.69, 9.17) is 16.3 Å². The fraction of sp³-hybridized carbons (Fsp3) is 0.483. The summed E-state index contributed by atoms with van der Waals surface area (Å²) < 4.78 is 5.37. The van der Waals surface area contributed by atoms with Gasteiger partial charge in [-0.15, -0.1) is 0 Å². The fourth-order valence-corrected chi connectivity index (χ4v) is 4.60. The van der Waals surface area contributed by atoms with Crippen molar-refractivity contribution in [2.24, 2.45) is 0 Å². The zero-order valence-electron chi connectivity index (χ0n) is 23.7. The average molecular weight is 562 g/mol. The number of anilines is 1. The molecule has 2 unspecified atom stereocenters. The van der Waals surface area contributed by atoms with Crippen molar-refractivity contribution < 1.29 is 19.1 Å². The van der Waals surface area contributed by atoms with Gasteiger partial charge in [0.05, 0.1) is 10.7 Å². The summed E-state index contributed by atoms with van der Waals surface area (Å²) >= 11 is 10.8. The van der Waals surface area contributed by atoms with Crippen LogP contribution in [0.5, 0.6) is 0 Å². The molecule has 7 nitrogen and oxygen atoms in total. The number of aryl methyl sites for hydroxylation is 3. The molecule has 3 amide bonds. The first-order chi connectivity index (χ1) is 17.5. The van der Waals surface area contributed by atoms with Crippen LogP contribution in [0.3, 0.4) is 0 Å². The van der Waals surface area contributed by atoms with Crippen molar-refractivity contribution in [1.82, 2.24) is 10.2 Å². The van der Waals surface area contributed by atoms with E-state index < -0.39 is 41.1 Å². The van der Waals surface area contributed by atoms with E-state index in [0.717, 1.165) is 16.7 Å². The third-order valence-electron chi connectivity index (χ3n) is 5.84. The number of para-hydroxylation sites is 1. The third-order valence-corrected chi connectivity index (χ3v) is 6.52. The SMILES string of the molecule is Cc1ccc(C)c(C(C(=O)Nc2c(C)cccc2Cl)N(C(=O)C(CS)NC(=O)OC(C)(C)C)C(C)(C)C)c1. The Morgan fingerprint density at radius 3 is 2.16 bits per heavy atom. The Bertz CT molecular complexity index is 1170. The van der Waals surface area contributed by atoms with Crippen LogP contribution in [0.25, 0.3) is 0 Å². The number of halogens is 1. The highest BCUT2D eigenvalue weighted by atomic mass is 35.5. The Hall–Kier alpha value is -2.71. The number of nitrogens with zero attached hydrogens (tertiary/aromatic N) is 1. The van der Waals surface area contributed by atoms with Crippen LogP contribution in [0, 0.1) is 20.8 Å². The van der Waals surface area contributed by atoms with Crippen LogP contribution in [0.2, 0.25) is 5.02 Å². The molecule has 0 aliphatic rings. The van der Waals surface area contributed by atoms with E-state index in [1.54, 1.807) is 32.9 Å². The number of hydrogen-bond acceptors (Lipinski definition) is 5. The number of nitrogens with one attached hydrogen (secondary N) is 2. The van der Waals surface area contributed by atoms with Gasteiger partial charge >= 0.3 is 6.09 Å². The van der Waals surface area contributed by atoms with Crippen LogP contribution >= 0.6 is 24.2 Å². The number of carbonyl (C=O) groups is 3. The van der Waals surface area contributed by atoms with Gasteiger partial charge in [-0.2, -0.15) is 12.6 Å². The second kappa shape index (κ2) is 12.4. The predicted molar refractivity (Wildman–Crippen MR) is 157 cm³/mol. The van der Waals surface area contributed by atoms with E-state index in [0.29, 0.717) is 16.3 Å². The summed E-state index contributed by atoms with van der Waals surface area (Å²) in [6.07, 6.45) is -0.738. The maximum absolute atomic E-state index is 14.1. The van der Waals surface area contributed by atoms with E-state index in [-0.39, 0.29) is 5.75 Å². The van der Waals surface area contributed by atoms with Gasteiger partial charge in [-0.1, -0.05) is 47.5 Å². The zero-order chi connectivity index (χ0) is 29.0. The lowest BCUT2D eigenvalue weighted by Crippen LogP contribution is -2.58. The minimum Gasteiger partial charge on any atom is -0.444 e. The summed E-state index contributed by atoms with van der Waals surface area (Å²) in [4.78, 5) is 42.3. The zero-order valence-corrected chi connectivity index (χ0v) is 25.4. The van der Waals surface area contributed by atoms with E-state index >= 15 is 0 Å². The topological polar surface area (TPSA) is 87.7 Å². The molecule has 2 N–H and O–H groups in total. The van der Waals surface area contributed by atoms with Crippen LogP contribution in [-0.2, 0) is 14.3 Å². The van der Waals surface area contributed by atoms with Gasteiger partial charge in [0.1, 0.15) is 17.7 Å². The van der Waals surface area contributed by atoms with Crippen LogP contribution in [0.1, 0.15) is 69.8 Å². The maximum Gasteiger partial charge on any atom is 0.408 e. The molecule has 0 heterocycles. The molecule has 2 aromatic rings. The number of benzene rings is 2. The van der Waals surface area contributed by atoms with E-state index in [9.17, 15) is 14.4 Å². The van der Waals surface area contributed by atoms with Gasteiger partial charge in [-0.05, 0) is 85.1 Å². The van der Waals surface area contributed by atoms with Gasteiger partial charge in [0.15, 0.2) is 0 Å². The summed E-state index contributed by atoms with van der Waals surface area (Å²) in [6.45, 7) is 16.4. The molecular weight excluding hydrogens is 522 g/mol. The third kappa shape index (κ3) is 8.14. The first kappa shape index (κ1) is 31.5. The van der Waals surface area contributed by atoms with Crippen molar-refractivity contribution in [3.05, 3.63) is 63.7 Å². The van der Waals surface area contributed by atoms with Crippen molar-refractivity contribution in [2.45, 2.75) is 85.5 Å². The quantitative estimate of drug-likeness (QED) is 0.342. The lowest BCUT2D eigenvalue weighted by molar-refractivity contribution is -0.146. The maximum atomic E-state index is 14.1. The molecule has 0 aliphatic heterocycles. The Morgan fingerprint density at radius 1 is 1.00 bits per heavy atom. The summed E-state index contributed by atoms with van der Waals surface area (Å²) in [5.41, 5.74) is 2.17. The van der Waals surface area contributed by atoms with Crippen molar-refractivity contribution in [1.29, 1.82) is 0 Å². The molecular formula is C29H40ClN3O4S. The molecule has 2 rings (SSSR count). The monoisotopic (exact) mass is 561 g/mol. The molecule has 2 aromatic carbocycles. The molecule has 9 heteroatoms. The van der Waals surface area contributed by atoms with Crippen LogP contribution < -0.4 is 10.6 Å². The van der Waals surface area contributed by atoms with Gasteiger partial charge in [-0.3, -0.25) is 9.59 Å². The summed E-state index contributed by atoms with van der Waals surface area (Å²) in [5.74, 6) is -0.876. The average Bonchev–Trinajstić information content (AvgIpc) is 2.77. The van der Waals surface area contributed by atoms with Gasteiger partial charge < -0.3 is 20.3 Å². The second-order valence-corrected chi connectivity index (χ2v) is 12.2. The Labute approximate surface area is 237 Å². The Kier molecular flexibility index (Phi) is 10.3. The largest absolute Gasteiger partial charge is 0.444 e. The first-order valence-corrected chi connectivity index (χ1v) is 13.5. The molecule has 0 bridgehead atoms. The molecule has 0 fully saturated rings. The van der Waals surface area contributed by atoms with Gasteiger partial charge in [0.25, 0.3) is 5.91 Å². The van der Waals surface area contributed by atoms with Crippen molar-refractivity contribution in [2.75, 3.05) is 11.1 Å². The highest BCUT2D eigenvalue weighted by Crippen LogP contribution is 2.34.